The maximum absolute atomic E-state index is 6.32. The van der Waals surface area contributed by atoms with Crippen LogP contribution in [0.3, 0.4) is 0 Å². The number of fused-ring (bicyclic) bond motifs is 2. The highest BCUT2D eigenvalue weighted by Gasteiger charge is 2.26. The minimum absolute atomic E-state index is 0. The van der Waals surface area contributed by atoms with E-state index in [4.69, 9.17) is 9.47 Å². The molecular weight excluding hydrogens is 482 g/mol. The van der Waals surface area contributed by atoms with Gasteiger partial charge in [-0.15, -0.1) is 12.4 Å². The summed E-state index contributed by atoms with van der Waals surface area (Å²) in [6.45, 7) is 5.75. The van der Waals surface area contributed by atoms with E-state index in [2.05, 4.69) is 48.1 Å². The molecule has 0 saturated carbocycles. The van der Waals surface area contributed by atoms with Gasteiger partial charge in [0.15, 0.2) is 11.5 Å². The molecule has 7 nitrogen and oxygen atoms in total. The predicted molar refractivity (Wildman–Crippen MR) is 128 cm³/mol. The van der Waals surface area contributed by atoms with Crippen LogP contribution in [0.1, 0.15) is 0 Å². The first-order valence-corrected chi connectivity index (χ1v) is 10.9. The summed E-state index contributed by atoms with van der Waals surface area (Å²) in [5.74, 6) is 2.23. The second-order valence-electron chi connectivity index (χ2n) is 7.83. The van der Waals surface area contributed by atoms with Crippen molar-refractivity contribution in [2.24, 2.45) is 0 Å². The zero-order valence-corrected chi connectivity index (χ0v) is 19.7. The third-order valence-corrected chi connectivity index (χ3v) is 6.06. The second-order valence-corrected chi connectivity index (χ2v) is 8.74. The van der Waals surface area contributed by atoms with E-state index >= 15 is 0 Å². The molecule has 164 valence electrons. The van der Waals surface area contributed by atoms with E-state index in [1.54, 1.807) is 6.33 Å². The standard InChI is InChI=1S/C22H24BrN5O2.ClH/c1-27-5-7-28(8-6-27)12-17-13-29-20-11-19-18(10-21(20)30-17)22(25-14-24-19)26-16-4-2-3-15(23)9-16;/h2-4,9-11,14,17H,5-8,12-13H2,1H3,(H,24,25,26);1H. The van der Waals surface area contributed by atoms with Gasteiger partial charge < -0.3 is 19.7 Å². The monoisotopic (exact) mass is 505 g/mol. The third-order valence-electron chi connectivity index (χ3n) is 5.56. The molecule has 0 bridgehead atoms. The average molecular weight is 507 g/mol. The first-order chi connectivity index (χ1) is 14.6. The van der Waals surface area contributed by atoms with Gasteiger partial charge in [-0.3, -0.25) is 4.90 Å². The molecule has 2 aliphatic heterocycles. The van der Waals surface area contributed by atoms with Crippen LogP contribution in [0, 0.1) is 0 Å². The van der Waals surface area contributed by atoms with Crippen molar-refractivity contribution in [1.82, 2.24) is 19.8 Å². The Morgan fingerprint density at radius 3 is 2.74 bits per heavy atom. The minimum Gasteiger partial charge on any atom is -0.486 e. The van der Waals surface area contributed by atoms with Crippen LogP contribution >= 0.6 is 28.3 Å². The molecule has 1 N–H and O–H groups in total. The van der Waals surface area contributed by atoms with Crippen LogP contribution in [-0.2, 0) is 0 Å². The molecule has 1 unspecified atom stereocenters. The Labute approximate surface area is 196 Å². The van der Waals surface area contributed by atoms with Gasteiger partial charge in [0.1, 0.15) is 24.9 Å². The molecule has 1 saturated heterocycles. The molecule has 2 aliphatic rings. The number of nitrogens with zero attached hydrogens (tertiary/aromatic N) is 4. The van der Waals surface area contributed by atoms with Gasteiger partial charge in [0.25, 0.3) is 0 Å². The van der Waals surface area contributed by atoms with E-state index in [9.17, 15) is 0 Å². The van der Waals surface area contributed by atoms with E-state index in [1.165, 1.54) is 0 Å². The largest absolute Gasteiger partial charge is 0.486 e. The Morgan fingerprint density at radius 1 is 1.10 bits per heavy atom. The minimum atomic E-state index is 0. The topological polar surface area (TPSA) is 62.8 Å². The van der Waals surface area contributed by atoms with Crippen LogP contribution in [0.4, 0.5) is 11.5 Å². The van der Waals surface area contributed by atoms with Crippen LogP contribution in [0.2, 0.25) is 0 Å². The van der Waals surface area contributed by atoms with Crippen LogP contribution in [0.25, 0.3) is 10.9 Å². The van der Waals surface area contributed by atoms with Gasteiger partial charge in [-0.1, -0.05) is 22.0 Å². The summed E-state index contributed by atoms with van der Waals surface area (Å²) in [7, 11) is 2.17. The number of nitrogens with one attached hydrogen (secondary N) is 1. The molecule has 0 amide bonds. The van der Waals surface area contributed by atoms with Gasteiger partial charge in [-0.25, -0.2) is 9.97 Å². The third kappa shape index (κ3) is 5.03. The fourth-order valence-electron chi connectivity index (χ4n) is 3.88. The summed E-state index contributed by atoms with van der Waals surface area (Å²) in [6.07, 6.45) is 1.58. The molecule has 31 heavy (non-hydrogen) atoms. The number of benzene rings is 2. The number of hydrogen-bond acceptors (Lipinski definition) is 7. The first-order valence-electron chi connectivity index (χ1n) is 10.2. The maximum atomic E-state index is 6.32. The molecular formula is C22H25BrClN5O2. The Kier molecular flexibility index (Phi) is 6.81. The molecule has 0 spiro atoms. The maximum Gasteiger partial charge on any atom is 0.163 e. The number of likely N-dealkylation sites (N-methyl/N-ethyl adjacent to an activating group) is 1. The molecule has 2 aromatic carbocycles. The fraction of sp³-hybridized carbons (Fsp3) is 0.364. The Morgan fingerprint density at radius 2 is 1.94 bits per heavy atom. The number of hydrogen-bond donors (Lipinski definition) is 1. The number of ether oxygens (including phenoxy) is 2. The van der Waals surface area contributed by atoms with Crippen molar-refractivity contribution in [3.05, 3.63) is 47.2 Å². The summed E-state index contributed by atoms with van der Waals surface area (Å²) >= 11 is 3.51. The predicted octanol–water partition coefficient (Wildman–Crippen LogP) is 3.94. The van der Waals surface area contributed by atoms with Crippen LogP contribution < -0.4 is 14.8 Å². The van der Waals surface area contributed by atoms with Crippen LogP contribution in [0.15, 0.2) is 47.2 Å². The van der Waals surface area contributed by atoms with Crippen molar-refractivity contribution in [3.63, 3.8) is 0 Å². The molecule has 3 heterocycles. The van der Waals surface area contributed by atoms with E-state index < -0.39 is 0 Å². The van der Waals surface area contributed by atoms with E-state index in [0.29, 0.717) is 6.61 Å². The van der Waals surface area contributed by atoms with E-state index in [0.717, 1.165) is 71.1 Å². The number of piperazine rings is 1. The lowest BCUT2D eigenvalue weighted by Crippen LogP contribution is -2.49. The normalized spacial score (nSPS) is 19.1. The highest BCUT2D eigenvalue weighted by atomic mass is 79.9. The average Bonchev–Trinajstić information content (AvgIpc) is 2.74. The highest BCUT2D eigenvalue weighted by molar-refractivity contribution is 9.10. The van der Waals surface area contributed by atoms with Gasteiger partial charge in [-0.05, 0) is 31.3 Å². The lowest BCUT2D eigenvalue weighted by molar-refractivity contribution is 0.0442. The van der Waals surface area contributed by atoms with E-state index in [-0.39, 0.29) is 18.5 Å². The first kappa shape index (κ1) is 22.1. The van der Waals surface area contributed by atoms with Crippen LogP contribution in [-0.4, -0.2) is 72.3 Å². The fourth-order valence-corrected chi connectivity index (χ4v) is 4.28. The Hall–Kier alpha value is -2.13. The Balaban J connectivity index is 0.00000231. The number of rotatable bonds is 4. The molecule has 1 fully saturated rings. The number of anilines is 2. The summed E-state index contributed by atoms with van der Waals surface area (Å²) in [4.78, 5) is 13.7. The number of aromatic nitrogens is 2. The van der Waals surface area contributed by atoms with Gasteiger partial charge in [0.2, 0.25) is 0 Å². The molecule has 1 atom stereocenters. The molecule has 3 aromatic rings. The second kappa shape index (κ2) is 9.56. The smallest absolute Gasteiger partial charge is 0.163 e. The van der Waals surface area contributed by atoms with Crippen molar-refractivity contribution in [2.45, 2.75) is 6.10 Å². The Bertz CT molecular complexity index is 1060. The van der Waals surface area contributed by atoms with Gasteiger partial charge in [0, 0.05) is 54.3 Å². The molecule has 9 heteroatoms. The lowest BCUT2D eigenvalue weighted by Gasteiger charge is -2.36. The van der Waals surface area contributed by atoms with E-state index in [1.807, 2.05) is 36.4 Å². The van der Waals surface area contributed by atoms with Crippen molar-refractivity contribution in [3.8, 4) is 11.5 Å². The van der Waals surface area contributed by atoms with Gasteiger partial charge >= 0.3 is 0 Å². The van der Waals surface area contributed by atoms with Crippen molar-refractivity contribution >= 4 is 50.7 Å². The SMILES string of the molecule is CN1CCN(CC2COc3cc4ncnc(Nc5cccc(Br)c5)c4cc3O2)CC1.Cl. The zero-order valence-electron chi connectivity index (χ0n) is 17.3. The van der Waals surface area contributed by atoms with Crippen LogP contribution in [0.5, 0.6) is 11.5 Å². The molecule has 5 rings (SSSR count). The number of halogens is 2. The molecule has 0 aliphatic carbocycles. The zero-order chi connectivity index (χ0) is 20.5. The highest BCUT2D eigenvalue weighted by Crippen LogP contribution is 2.37. The summed E-state index contributed by atoms with van der Waals surface area (Å²) in [6, 6.07) is 11.9. The molecule has 0 radical (unpaired) electrons. The van der Waals surface area contributed by atoms with Crippen molar-refractivity contribution in [1.29, 1.82) is 0 Å². The van der Waals surface area contributed by atoms with Crippen molar-refractivity contribution < 1.29 is 9.47 Å². The van der Waals surface area contributed by atoms with Gasteiger partial charge in [-0.2, -0.15) is 0 Å². The van der Waals surface area contributed by atoms with Crippen molar-refractivity contribution in [2.75, 3.05) is 51.7 Å². The summed E-state index contributed by atoms with van der Waals surface area (Å²) in [5.41, 5.74) is 1.77. The summed E-state index contributed by atoms with van der Waals surface area (Å²) < 4.78 is 13.4. The molecule has 1 aromatic heterocycles. The quantitative estimate of drug-likeness (QED) is 0.575. The lowest BCUT2D eigenvalue weighted by atomic mass is 10.1. The summed E-state index contributed by atoms with van der Waals surface area (Å²) in [5, 5.41) is 4.29. The van der Waals surface area contributed by atoms with Gasteiger partial charge in [0.05, 0.1) is 5.52 Å².